The normalized spacial score (nSPS) is 12.2. The average molecular weight is 194 g/mol. The Balaban J connectivity index is 2.73. The lowest BCUT2D eigenvalue weighted by Gasteiger charge is -2.04. The molecular weight excluding hydrogens is 180 g/mol. The Bertz CT molecular complexity index is 301. The van der Waals surface area contributed by atoms with E-state index in [9.17, 15) is 4.79 Å². The summed E-state index contributed by atoms with van der Waals surface area (Å²) in [7, 11) is 1.35. The summed E-state index contributed by atoms with van der Waals surface area (Å²) in [5, 5.41) is 9.14. The van der Waals surface area contributed by atoms with Crippen LogP contribution in [-0.2, 0) is 11.2 Å². The quantitative estimate of drug-likeness (QED) is 0.740. The van der Waals surface area contributed by atoms with Gasteiger partial charge in [0.15, 0.2) is 0 Å². The standard InChI is InChI=1S/C11H14O3/c1-8(12)7-9-3-5-10(6-4-9)11(13)14-2/h3-6,8,12H,7H2,1-2H3/t8-/m0/s1. The van der Waals surface area contributed by atoms with Crippen molar-refractivity contribution in [3.63, 3.8) is 0 Å². The summed E-state index contributed by atoms with van der Waals surface area (Å²) in [5.74, 6) is -0.339. The largest absolute Gasteiger partial charge is 0.465 e. The molecule has 0 saturated heterocycles. The van der Waals surface area contributed by atoms with Gasteiger partial charge in [0.1, 0.15) is 0 Å². The molecule has 0 spiro atoms. The summed E-state index contributed by atoms with van der Waals surface area (Å²) >= 11 is 0. The predicted octanol–water partition coefficient (Wildman–Crippen LogP) is 1.40. The zero-order valence-electron chi connectivity index (χ0n) is 8.36. The maximum atomic E-state index is 11.1. The molecule has 0 heterocycles. The van der Waals surface area contributed by atoms with Crippen LogP contribution in [0.2, 0.25) is 0 Å². The molecular formula is C11H14O3. The van der Waals surface area contributed by atoms with E-state index in [0.717, 1.165) is 5.56 Å². The van der Waals surface area contributed by atoms with Crippen molar-refractivity contribution in [3.05, 3.63) is 35.4 Å². The van der Waals surface area contributed by atoms with Gasteiger partial charge in [-0.2, -0.15) is 0 Å². The van der Waals surface area contributed by atoms with E-state index in [1.165, 1.54) is 7.11 Å². The van der Waals surface area contributed by atoms with E-state index in [-0.39, 0.29) is 12.1 Å². The molecule has 0 radical (unpaired) electrons. The zero-order chi connectivity index (χ0) is 10.6. The van der Waals surface area contributed by atoms with E-state index in [0.29, 0.717) is 12.0 Å². The summed E-state index contributed by atoms with van der Waals surface area (Å²) in [6.07, 6.45) is 0.237. The number of ether oxygens (including phenoxy) is 1. The van der Waals surface area contributed by atoms with Gasteiger partial charge in [-0.3, -0.25) is 0 Å². The summed E-state index contributed by atoms with van der Waals surface area (Å²) in [6, 6.07) is 7.03. The van der Waals surface area contributed by atoms with Crippen LogP contribution in [0.4, 0.5) is 0 Å². The molecule has 0 saturated carbocycles. The van der Waals surface area contributed by atoms with Crippen LogP contribution in [0.5, 0.6) is 0 Å². The van der Waals surface area contributed by atoms with Crippen LogP contribution < -0.4 is 0 Å². The number of methoxy groups -OCH3 is 1. The molecule has 1 atom stereocenters. The molecule has 0 aliphatic carbocycles. The van der Waals surface area contributed by atoms with E-state index in [2.05, 4.69) is 4.74 Å². The number of aliphatic hydroxyl groups is 1. The highest BCUT2D eigenvalue weighted by molar-refractivity contribution is 5.89. The molecule has 0 fully saturated rings. The van der Waals surface area contributed by atoms with Crippen molar-refractivity contribution in [2.24, 2.45) is 0 Å². The van der Waals surface area contributed by atoms with Gasteiger partial charge in [-0.1, -0.05) is 12.1 Å². The topological polar surface area (TPSA) is 46.5 Å². The first kappa shape index (κ1) is 10.7. The van der Waals surface area contributed by atoms with Crippen LogP contribution in [0.3, 0.4) is 0 Å². The van der Waals surface area contributed by atoms with Crippen molar-refractivity contribution in [3.8, 4) is 0 Å². The lowest BCUT2D eigenvalue weighted by molar-refractivity contribution is 0.0601. The lowest BCUT2D eigenvalue weighted by atomic mass is 10.1. The highest BCUT2D eigenvalue weighted by Gasteiger charge is 2.04. The van der Waals surface area contributed by atoms with Gasteiger partial charge in [0.25, 0.3) is 0 Å². The molecule has 0 bridgehead atoms. The first-order chi connectivity index (χ1) is 6.63. The molecule has 0 aliphatic rings. The maximum absolute atomic E-state index is 11.1. The second kappa shape index (κ2) is 4.77. The molecule has 1 N–H and O–H groups in total. The third-order valence-corrected chi connectivity index (χ3v) is 1.91. The van der Waals surface area contributed by atoms with Crippen LogP contribution >= 0.6 is 0 Å². The van der Waals surface area contributed by atoms with Gasteiger partial charge in [0.2, 0.25) is 0 Å². The predicted molar refractivity (Wildman–Crippen MR) is 53.2 cm³/mol. The van der Waals surface area contributed by atoms with E-state index < -0.39 is 0 Å². The van der Waals surface area contributed by atoms with Gasteiger partial charge < -0.3 is 9.84 Å². The monoisotopic (exact) mass is 194 g/mol. The van der Waals surface area contributed by atoms with Gasteiger partial charge in [-0.15, -0.1) is 0 Å². The van der Waals surface area contributed by atoms with Crippen molar-refractivity contribution < 1.29 is 14.6 Å². The second-order valence-corrected chi connectivity index (χ2v) is 3.24. The minimum Gasteiger partial charge on any atom is -0.465 e. The number of rotatable bonds is 3. The Kier molecular flexibility index (Phi) is 3.65. The van der Waals surface area contributed by atoms with Crippen LogP contribution in [-0.4, -0.2) is 24.3 Å². The third kappa shape index (κ3) is 2.85. The van der Waals surface area contributed by atoms with Gasteiger partial charge in [-0.25, -0.2) is 4.79 Å². The van der Waals surface area contributed by atoms with Crippen molar-refractivity contribution in [2.45, 2.75) is 19.4 Å². The molecule has 1 rings (SSSR count). The van der Waals surface area contributed by atoms with Gasteiger partial charge in [0, 0.05) is 0 Å². The summed E-state index contributed by atoms with van der Waals surface area (Å²) in [4.78, 5) is 11.1. The molecule has 3 nitrogen and oxygen atoms in total. The highest BCUT2D eigenvalue weighted by atomic mass is 16.5. The maximum Gasteiger partial charge on any atom is 0.337 e. The van der Waals surface area contributed by atoms with Crippen LogP contribution in [0, 0.1) is 0 Å². The number of esters is 1. The van der Waals surface area contributed by atoms with Gasteiger partial charge >= 0.3 is 5.97 Å². The molecule has 0 aliphatic heterocycles. The Morgan fingerprint density at radius 1 is 1.43 bits per heavy atom. The van der Waals surface area contributed by atoms with Crippen LogP contribution in [0.1, 0.15) is 22.8 Å². The summed E-state index contributed by atoms with van der Waals surface area (Å²) in [6.45, 7) is 1.73. The SMILES string of the molecule is COC(=O)c1ccc(C[C@H](C)O)cc1. The molecule has 14 heavy (non-hydrogen) atoms. The fourth-order valence-corrected chi connectivity index (χ4v) is 1.24. The highest BCUT2D eigenvalue weighted by Crippen LogP contribution is 2.07. The Morgan fingerprint density at radius 2 is 2.00 bits per heavy atom. The fourth-order valence-electron chi connectivity index (χ4n) is 1.24. The van der Waals surface area contributed by atoms with Crippen molar-refractivity contribution in [1.82, 2.24) is 0 Å². The minimum atomic E-state index is -0.362. The zero-order valence-corrected chi connectivity index (χ0v) is 8.36. The van der Waals surface area contributed by atoms with Crippen LogP contribution in [0.25, 0.3) is 0 Å². The second-order valence-electron chi connectivity index (χ2n) is 3.24. The number of aliphatic hydroxyl groups excluding tert-OH is 1. The first-order valence-corrected chi connectivity index (χ1v) is 4.49. The molecule has 0 aromatic heterocycles. The molecule has 0 amide bonds. The average Bonchev–Trinajstić information content (AvgIpc) is 2.17. The van der Waals surface area contributed by atoms with Crippen LogP contribution in [0.15, 0.2) is 24.3 Å². The molecule has 1 aromatic rings. The van der Waals surface area contributed by atoms with E-state index in [4.69, 9.17) is 5.11 Å². The number of hydrogen-bond acceptors (Lipinski definition) is 3. The Morgan fingerprint density at radius 3 is 2.43 bits per heavy atom. The Hall–Kier alpha value is -1.35. The van der Waals surface area contributed by atoms with E-state index >= 15 is 0 Å². The van der Waals surface area contributed by atoms with Gasteiger partial charge in [0.05, 0.1) is 18.8 Å². The van der Waals surface area contributed by atoms with Crippen molar-refractivity contribution in [2.75, 3.05) is 7.11 Å². The third-order valence-electron chi connectivity index (χ3n) is 1.91. The van der Waals surface area contributed by atoms with E-state index in [1.54, 1.807) is 19.1 Å². The number of benzene rings is 1. The number of hydrogen-bond donors (Lipinski definition) is 1. The smallest absolute Gasteiger partial charge is 0.337 e. The molecule has 3 heteroatoms. The summed E-state index contributed by atoms with van der Waals surface area (Å²) in [5.41, 5.74) is 1.54. The fraction of sp³-hybridized carbons (Fsp3) is 0.364. The minimum absolute atomic E-state index is 0.339. The Labute approximate surface area is 83.3 Å². The molecule has 76 valence electrons. The molecule has 1 aromatic carbocycles. The van der Waals surface area contributed by atoms with Crippen molar-refractivity contribution in [1.29, 1.82) is 0 Å². The van der Waals surface area contributed by atoms with Gasteiger partial charge in [-0.05, 0) is 31.0 Å². The lowest BCUT2D eigenvalue weighted by Crippen LogP contribution is -2.05. The number of carbonyl (C=O) groups excluding carboxylic acids is 1. The molecule has 0 unspecified atom stereocenters. The van der Waals surface area contributed by atoms with Crippen molar-refractivity contribution >= 4 is 5.97 Å². The van der Waals surface area contributed by atoms with E-state index in [1.807, 2.05) is 12.1 Å². The summed E-state index contributed by atoms with van der Waals surface area (Å²) < 4.78 is 4.57. The number of carbonyl (C=O) groups is 1. The first-order valence-electron chi connectivity index (χ1n) is 4.49.